The summed E-state index contributed by atoms with van der Waals surface area (Å²) in [4.78, 5) is 2.77. The zero-order valence-corrected chi connectivity index (χ0v) is 19.7. The van der Waals surface area contributed by atoms with Crippen molar-refractivity contribution < 1.29 is 28.8 Å². The van der Waals surface area contributed by atoms with Gasteiger partial charge in [-0.2, -0.15) is 0 Å². The Labute approximate surface area is 205 Å². The van der Waals surface area contributed by atoms with E-state index in [9.17, 15) is 5.11 Å². The minimum absolute atomic E-state index is 0.284. The van der Waals surface area contributed by atoms with Crippen LogP contribution in [-0.2, 0) is 30.3 Å². The maximum absolute atomic E-state index is 11.3. The molecule has 1 N–H and O–H groups in total. The van der Waals surface area contributed by atoms with Crippen LogP contribution in [0.1, 0.15) is 43.1 Å². The predicted octanol–water partition coefficient (Wildman–Crippen LogP) is 4.66. The van der Waals surface area contributed by atoms with Crippen molar-refractivity contribution in [2.24, 2.45) is 5.11 Å². The molecule has 2 aromatic rings. The van der Waals surface area contributed by atoms with Crippen molar-refractivity contribution in [3.63, 3.8) is 0 Å². The molecular weight excluding hydrogens is 450 g/mol. The lowest BCUT2D eigenvalue weighted by atomic mass is 9.97. The highest BCUT2D eigenvalue weighted by Crippen LogP contribution is 2.35. The summed E-state index contributed by atoms with van der Waals surface area (Å²) < 4.78 is 30.4. The number of ether oxygens (including phenoxy) is 5. The summed E-state index contributed by atoms with van der Waals surface area (Å²) in [6.45, 7) is 1.58. The topological polar surface area (TPSA) is 115 Å². The third-order valence-electron chi connectivity index (χ3n) is 6.16. The van der Waals surface area contributed by atoms with Crippen molar-refractivity contribution in [2.45, 2.75) is 69.3 Å². The van der Waals surface area contributed by atoms with Gasteiger partial charge in [-0.3, -0.25) is 0 Å². The molecule has 0 radical (unpaired) electrons. The van der Waals surface area contributed by atoms with Gasteiger partial charge in [0.25, 0.3) is 0 Å². The van der Waals surface area contributed by atoms with Crippen molar-refractivity contribution in [1.82, 2.24) is 0 Å². The minimum Gasteiger partial charge on any atom is -0.387 e. The molecule has 4 rings (SSSR count). The first-order chi connectivity index (χ1) is 17.3. The highest BCUT2D eigenvalue weighted by Gasteiger charge is 2.50. The number of aliphatic hydroxyl groups excluding tert-OH is 1. The Kier molecular flexibility index (Phi) is 9.92. The lowest BCUT2D eigenvalue weighted by molar-refractivity contribution is -0.367. The van der Waals surface area contributed by atoms with Gasteiger partial charge >= 0.3 is 0 Å². The smallest absolute Gasteiger partial charge is 0.186 e. The third kappa shape index (κ3) is 7.25. The molecule has 2 saturated heterocycles. The second-order valence-corrected chi connectivity index (χ2v) is 8.71. The summed E-state index contributed by atoms with van der Waals surface area (Å²) in [5.41, 5.74) is 10.2. The third-order valence-corrected chi connectivity index (χ3v) is 6.16. The van der Waals surface area contributed by atoms with Crippen LogP contribution in [0.5, 0.6) is 0 Å². The fourth-order valence-electron chi connectivity index (χ4n) is 4.31. The van der Waals surface area contributed by atoms with Crippen LogP contribution < -0.4 is 0 Å². The first-order valence-corrected chi connectivity index (χ1v) is 12.2. The van der Waals surface area contributed by atoms with Gasteiger partial charge in [-0.05, 0) is 23.9 Å². The monoisotopic (exact) mass is 483 g/mol. The van der Waals surface area contributed by atoms with Crippen LogP contribution in [0.15, 0.2) is 65.8 Å². The highest BCUT2D eigenvalue weighted by atomic mass is 16.8. The van der Waals surface area contributed by atoms with E-state index >= 15 is 0 Å². The molecule has 0 spiro atoms. The van der Waals surface area contributed by atoms with E-state index in [1.807, 2.05) is 60.7 Å². The van der Waals surface area contributed by atoms with Gasteiger partial charge in [0, 0.05) is 23.6 Å². The Balaban J connectivity index is 1.36. The molecule has 0 saturated carbocycles. The summed E-state index contributed by atoms with van der Waals surface area (Å²) in [5.74, 6) is 0. The Morgan fingerprint density at radius 1 is 0.943 bits per heavy atom. The van der Waals surface area contributed by atoms with E-state index in [4.69, 9.17) is 29.2 Å². The molecule has 9 heteroatoms. The second-order valence-electron chi connectivity index (χ2n) is 8.71. The van der Waals surface area contributed by atoms with Crippen LogP contribution in [0.2, 0.25) is 0 Å². The van der Waals surface area contributed by atoms with Crippen LogP contribution in [-0.4, -0.2) is 55.6 Å². The maximum Gasteiger partial charge on any atom is 0.186 e. The molecule has 2 aliphatic rings. The lowest BCUT2D eigenvalue weighted by Gasteiger charge is -2.47. The Morgan fingerprint density at radius 2 is 1.69 bits per heavy atom. The molecule has 6 atom stereocenters. The molecule has 9 nitrogen and oxygen atoms in total. The van der Waals surface area contributed by atoms with E-state index in [2.05, 4.69) is 10.0 Å². The molecule has 0 unspecified atom stereocenters. The Morgan fingerprint density at radius 3 is 2.46 bits per heavy atom. The zero-order chi connectivity index (χ0) is 24.3. The first-order valence-electron chi connectivity index (χ1n) is 12.2. The average molecular weight is 484 g/mol. The molecule has 0 aliphatic carbocycles. The van der Waals surface area contributed by atoms with Crippen LogP contribution in [0.3, 0.4) is 0 Å². The van der Waals surface area contributed by atoms with E-state index in [-0.39, 0.29) is 6.61 Å². The van der Waals surface area contributed by atoms with Gasteiger partial charge in [0.2, 0.25) is 0 Å². The molecule has 188 valence electrons. The van der Waals surface area contributed by atoms with Gasteiger partial charge in [-0.15, -0.1) is 0 Å². The van der Waals surface area contributed by atoms with Crippen molar-refractivity contribution >= 4 is 0 Å². The molecule has 35 heavy (non-hydrogen) atoms. The van der Waals surface area contributed by atoms with Crippen LogP contribution in [0, 0.1) is 0 Å². The van der Waals surface area contributed by atoms with E-state index in [0.717, 1.165) is 36.8 Å². The van der Waals surface area contributed by atoms with Crippen LogP contribution >= 0.6 is 0 Å². The summed E-state index contributed by atoms with van der Waals surface area (Å²) in [6, 6.07) is 19.4. The van der Waals surface area contributed by atoms with E-state index in [0.29, 0.717) is 19.8 Å². The van der Waals surface area contributed by atoms with Gasteiger partial charge in [-0.25, -0.2) is 0 Å². The maximum atomic E-state index is 11.3. The number of azide groups is 1. The number of rotatable bonds is 12. The standard InChI is InChI=1S/C26H33N3O6/c27-29-28-15-9-1-2-10-16-31-26-24(32-17-19-11-5-3-6-12-19)22(30)23-21(34-26)18-33-25(35-23)20-13-7-4-8-14-20/h3-8,11-14,21-26,30H,1-2,9-10,15-18H2/t21-,22+,23-,24+,25-,26+/m1/s1. The molecule has 2 fully saturated rings. The summed E-state index contributed by atoms with van der Waals surface area (Å²) in [6.07, 6.45) is -0.447. The first kappa shape index (κ1) is 25.6. The molecule has 2 heterocycles. The van der Waals surface area contributed by atoms with Crippen LogP contribution in [0.4, 0.5) is 0 Å². The summed E-state index contributed by atoms with van der Waals surface area (Å²) in [7, 11) is 0. The molecule has 0 bridgehead atoms. The predicted molar refractivity (Wildman–Crippen MR) is 128 cm³/mol. The van der Waals surface area contributed by atoms with Crippen LogP contribution in [0.25, 0.3) is 10.4 Å². The summed E-state index contributed by atoms with van der Waals surface area (Å²) in [5, 5.41) is 14.8. The molecule has 2 aliphatic heterocycles. The molecule has 0 amide bonds. The highest BCUT2D eigenvalue weighted by molar-refractivity contribution is 5.17. The number of hydrogen-bond donors (Lipinski definition) is 1. The number of aliphatic hydroxyl groups is 1. The quantitative estimate of drug-likeness (QED) is 0.203. The molecule has 0 aromatic heterocycles. The average Bonchev–Trinajstić information content (AvgIpc) is 2.91. The SMILES string of the molecule is [N-]=[N+]=NCCCCCCO[C@H]1O[C@@H]2CO[C@@H](c3ccccc3)O[C@H]2[C@H](O)[C@@H]1OCc1ccccc1. The number of unbranched alkanes of at least 4 members (excludes halogenated alkanes) is 3. The van der Waals surface area contributed by atoms with Gasteiger partial charge < -0.3 is 28.8 Å². The molecular formula is C26H33N3O6. The number of fused-ring (bicyclic) bond motifs is 1. The normalized spacial score (nSPS) is 28.1. The van der Waals surface area contributed by atoms with Gasteiger partial charge in [0.05, 0.1) is 13.2 Å². The van der Waals surface area contributed by atoms with Crippen molar-refractivity contribution in [3.8, 4) is 0 Å². The van der Waals surface area contributed by atoms with Gasteiger partial charge in [0.1, 0.15) is 24.4 Å². The van der Waals surface area contributed by atoms with Gasteiger partial charge in [0.15, 0.2) is 12.6 Å². The van der Waals surface area contributed by atoms with E-state index in [1.54, 1.807) is 0 Å². The van der Waals surface area contributed by atoms with Crippen molar-refractivity contribution in [3.05, 3.63) is 82.2 Å². The Hall–Kier alpha value is -2.49. The number of nitrogens with zero attached hydrogens (tertiary/aromatic N) is 3. The van der Waals surface area contributed by atoms with Crippen molar-refractivity contribution in [2.75, 3.05) is 19.8 Å². The number of hydrogen-bond acceptors (Lipinski definition) is 7. The van der Waals surface area contributed by atoms with E-state index < -0.39 is 37.0 Å². The second kappa shape index (κ2) is 13.6. The Bertz CT molecular complexity index is 927. The van der Waals surface area contributed by atoms with Gasteiger partial charge in [-0.1, -0.05) is 78.6 Å². The fourth-order valence-corrected chi connectivity index (χ4v) is 4.31. The zero-order valence-electron chi connectivity index (χ0n) is 19.7. The fraction of sp³-hybridized carbons (Fsp3) is 0.538. The number of benzene rings is 2. The summed E-state index contributed by atoms with van der Waals surface area (Å²) >= 11 is 0. The largest absolute Gasteiger partial charge is 0.387 e. The van der Waals surface area contributed by atoms with E-state index in [1.165, 1.54) is 0 Å². The molecule has 2 aromatic carbocycles. The van der Waals surface area contributed by atoms with Crippen molar-refractivity contribution in [1.29, 1.82) is 0 Å². The minimum atomic E-state index is -0.943. The lowest BCUT2D eigenvalue weighted by Crippen LogP contribution is -2.62.